The minimum absolute atomic E-state index is 0.00755. The van der Waals surface area contributed by atoms with Gasteiger partial charge in [-0.2, -0.15) is 5.10 Å². The summed E-state index contributed by atoms with van der Waals surface area (Å²) in [5.41, 5.74) is 1.37. The number of fused-ring (bicyclic) bond motifs is 3. The topological polar surface area (TPSA) is 196 Å². The quantitative estimate of drug-likeness (QED) is 0.259. The zero-order valence-electron chi connectivity index (χ0n) is 18.5. The standard InChI is InChI=1S/C19H27ClN4O9P2/c20-14-5-11(22-19-3-1-10(6-19)2-4-19)12-7-21-18(24(12)23-14)17-16(26)15(25)13(33-17)8-32-35(30,31)9-34(27,28)29/h5,7,10,13,15-17,22,25-26H,1-4,6,8-9H2,(H,30,31)(H2,27,28,29)/t10?,13-,15-,16-,17-,19?/m1/s1. The summed E-state index contributed by atoms with van der Waals surface area (Å²) >= 11 is 6.30. The Kier molecular flexibility index (Phi) is 6.58. The fourth-order valence-electron chi connectivity index (χ4n) is 5.48. The van der Waals surface area contributed by atoms with Gasteiger partial charge in [0.2, 0.25) is 0 Å². The van der Waals surface area contributed by atoms with E-state index in [1.165, 1.54) is 17.4 Å². The lowest BCUT2D eigenvalue weighted by Crippen LogP contribution is -2.33. The van der Waals surface area contributed by atoms with E-state index >= 15 is 0 Å². The Balaban J connectivity index is 1.36. The summed E-state index contributed by atoms with van der Waals surface area (Å²) in [6.45, 7) is -0.684. The first kappa shape index (κ1) is 25.5. The van der Waals surface area contributed by atoms with Crippen molar-refractivity contribution in [2.45, 2.75) is 62.1 Å². The molecule has 3 heterocycles. The van der Waals surface area contributed by atoms with Gasteiger partial charge >= 0.3 is 15.2 Å². The van der Waals surface area contributed by atoms with Crippen LogP contribution in [0, 0.1) is 5.92 Å². The van der Waals surface area contributed by atoms with Gasteiger partial charge in [-0.3, -0.25) is 9.13 Å². The number of nitrogens with zero attached hydrogens (tertiary/aromatic N) is 3. The SMILES string of the molecule is O=P(O)(O)CP(=O)(O)OC[C@H]1O[C@@H](c2ncc3c(NC45CCC(CC4)C5)cc(Cl)nn23)[C@H](O)[C@@H]1O. The van der Waals surface area contributed by atoms with E-state index in [2.05, 4.69) is 15.4 Å². The molecule has 0 radical (unpaired) electrons. The number of hydrogen-bond acceptors (Lipinski definition) is 9. The zero-order chi connectivity index (χ0) is 25.2. The number of aliphatic hydroxyl groups excluding tert-OH is 2. The van der Waals surface area contributed by atoms with E-state index in [0.717, 1.165) is 30.9 Å². The van der Waals surface area contributed by atoms with Crippen LogP contribution in [0.15, 0.2) is 12.3 Å². The van der Waals surface area contributed by atoms with Crippen LogP contribution in [-0.4, -0.2) is 75.9 Å². The molecule has 5 rings (SSSR count). The van der Waals surface area contributed by atoms with Crippen molar-refractivity contribution in [1.82, 2.24) is 14.6 Å². The Morgan fingerprint density at radius 1 is 1.23 bits per heavy atom. The van der Waals surface area contributed by atoms with Crippen LogP contribution in [-0.2, 0) is 18.4 Å². The lowest BCUT2D eigenvalue weighted by Gasteiger charge is -2.29. The summed E-state index contributed by atoms with van der Waals surface area (Å²) in [6, 6.07) is 1.72. The number of halogens is 1. The maximum absolute atomic E-state index is 11.9. The van der Waals surface area contributed by atoms with Crippen molar-refractivity contribution in [1.29, 1.82) is 0 Å². The first-order valence-corrected chi connectivity index (χ1v) is 15.1. The molecule has 2 aliphatic carbocycles. The lowest BCUT2D eigenvalue weighted by atomic mass is 9.93. The molecule has 1 unspecified atom stereocenters. The molecule has 1 aliphatic heterocycles. The van der Waals surface area contributed by atoms with Crippen LogP contribution in [0.2, 0.25) is 5.15 Å². The summed E-state index contributed by atoms with van der Waals surface area (Å²) in [5.74, 6) is -0.481. The van der Waals surface area contributed by atoms with Gasteiger partial charge in [0.15, 0.2) is 16.9 Å². The van der Waals surface area contributed by atoms with Crippen molar-refractivity contribution >= 4 is 38.0 Å². The first-order valence-electron chi connectivity index (χ1n) is 11.2. The van der Waals surface area contributed by atoms with Gasteiger partial charge in [-0.15, -0.1) is 0 Å². The van der Waals surface area contributed by atoms with Gasteiger partial charge in [-0.05, 0) is 38.0 Å². The van der Waals surface area contributed by atoms with Crippen molar-refractivity contribution < 1.29 is 43.3 Å². The Labute approximate surface area is 205 Å². The minimum atomic E-state index is -4.81. The fourth-order valence-corrected chi connectivity index (χ4v) is 8.23. The number of aromatic nitrogens is 3. The van der Waals surface area contributed by atoms with Crippen LogP contribution >= 0.6 is 26.8 Å². The highest BCUT2D eigenvalue weighted by atomic mass is 35.5. The second kappa shape index (κ2) is 9.02. The number of imidazole rings is 1. The smallest absolute Gasteiger partial charge is 0.340 e. The summed E-state index contributed by atoms with van der Waals surface area (Å²) in [7, 11) is -9.47. The van der Waals surface area contributed by atoms with Crippen LogP contribution in [0.3, 0.4) is 0 Å². The average molecular weight is 553 g/mol. The summed E-state index contributed by atoms with van der Waals surface area (Å²) in [4.78, 5) is 31.9. The maximum atomic E-state index is 11.9. The Hall–Kier alpha value is -1.11. The van der Waals surface area contributed by atoms with Crippen LogP contribution in [0.5, 0.6) is 0 Å². The van der Waals surface area contributed by atoms with Crippen LogP contribution in [0.4, 0.5) is 5.69 Å². The number of aliphatic hydroxyl groups is 2. The highest BCUT2D eigenvalue weighted by molar-refractivity contribution is 7.70. The molecule has 5 atom stereocenters. The van der Waals surface area contributed by atoms with Crippen LogP contribution in [0.25, 0.3) is 5.52 Å². The van der Waals surface area contributed by atoms with Gasteiger partial charge in [0, 0.05) is 11.6 Å². The van der Waals surface area contributed by atoms with E-state index in [-0.39, 0.29) is 16.5 Å². The van der Waals surface area contributed by atoms with E-state index in [1.807, 2.05) is 0 Å². The van der Waals surface area contributed by atoms with Gasteiger partial charge in [0.1, 0.15) is 29.9 Å². The Morgan fingerprint density at radius 3 is 2.57 bits per heavy atom. The Bertz CT molecular complexity index is 1210. The molecule has 2 aromatic rings. The van der Waals surface area contributed by atoms with E-state index in [0.29, 0.717) is 5.52 Å². The first-order chi connectivity index (χ1) is 16.3. The lowest BCUT2D eigenvalue weighted by molar-refractivity contribution is -0.0217. The monoisotopic (exact) mass is 552 g/mol. The Morgan fingerprint density at radius 2 is 1.94 bits per heavy atom. The van der Waals surface area contributed by atoms with Crippen molar-refractivity contribution in [3.8, 4) is 0 Å². The molecular formula is C19H27ClN4O9P2. The molecule has 3 fully saturated rings. The van der Waals surface area contributed by atoms with Gasteiger partial charge in [0.25, 0.3) is 0 Å². The van der Waals surface area contributed by atoms with E-state index in [1.54, 1.807) is 12.3 Å². The highest BCUT2D eigenvalue weighted by Crippen LogP contribution is 2.55. The molecule has 0 amide bonds. The van der Waals surface area contributed by atoms with Crippen molar-refractivity contribution in [2.75, 3.05) is 17.8 Å². The number of ether oxygens (including phenoxy) is 1. The number of anilines is 1. The van der Waals surface area contributed by atoms with Gasteiger partial charge in [-0.1, -0.05) is 11.6 Å². The summed E-state index contributed by atoms with van der Waals surface area (Å²) in [5, 5.41) is 29.1. The van der Waals surface area contributed by atoms with E-state index in [4.69, 9.17) is 30.6 Å². The summed E-state index contributed by atoms with van der Waals surface area (Å²) < 4.78 is 34.8. The fraction of sp³-hybridized carbons (Fsp3) is 0.684. The van der Waals surface area contributed by atoms with Gasteiger partial charge in [0.05, 0.1) is 18.5 Å². The molecular weight excluding hydrogens is 526 g/mol. The van der Waals surface area contributed by atoms with Crippen molar-refractivity contribution in [3.05, 3.63) is 23.2 Å². The molecule has 2 saturated carbocycles. The van der Waals surface area contributed by atoms with Crippen LogP contribution in [0.1, 0.15) is 44.0 Å². The molecule has 194 valence electrons. The summed E-state index contributed by atoms with van der Waals surface area (Å²) in [6.07, 6.45) is 1.74. The minimum Gasteiger partial charge on any atom is -0.387 e. The normalized spacial score (nSPS) is 34.5. The zero-order valence-corrected chi connectivity index (χ0v) is 21.0. The van der Waals surface area contributed by atoms with Crippen molar-refractivity contribution in [2.24, 2.45) is 5.92 Å². The molecule has 35 heavy (non-hydrogen) atoms. The van der Waals surface area contributed by atoms with Crippen LogP contribution < -0.4 is 5.32 Å². The molecule has 6 N–H and O–H groups in total. The van der Waals surface area contributed by atoms with Gasteiger partial charge in [-0.25, -0.2) is 9.50 Å². The molecule has 0 aromatic carbocycles. The van der Waals surface area contributed by atoms with E-state index in [9.17, 15) is 24.2 Å². The molecule has 16 heteroatoms. The number of rotatable bonds is 8. The molecule has 13 nitrogen and oxygen atoms in total. The van der Waals surface area contributed by atoms with E-state index < -0.39 is 52.1 Å². The average Bonchev–Trinajstić information content (AvgIpc) is 3.50. The number of nitrogens with one attached hydrogen (secondary N) is 1. The number of hydrogen-bond donors (Lipinski definition) is 6. The third-order valence-corrected chi connectivity index (χ3v) is 10.7. The molecule has 2 bridgehead atoms. The highest BCUT2D eigenvalue weighted by Gasteiger charge is 2.47. The maximum Gasteiger partial charge on any atom is 0.340 e. The molecule has 3 aliphatic rings. The largest absolute Gasteiger partial charge is 0.387 e. The predicted octanol–water partition coefficient (Wildman–Crippen LogP) is 1.63. The van der Waals surface area contributed by atoms with Gasteiger partial charge < -0.3 is 39.5 Å². The molecule has 1 saturated heterocycles. The molecule has 0 spiro atoms. The third kappa shape index (κ3) is 5.17. The predicted molar refractivity (Wildman–Crippen MR) is 123 cm³/mol. The van der Waals surface area contributed by atoms with Crippen molar-refractivity contribution in [3.63, 3.8) is 0 Å². The third-order valence-electron chi connectivity index (χ3n) is 7.06. The second-order valence-electron chi connectivity index (χ2n) is 9.66. The second-order valence-corrected chi connectivity index (χ2v) is 14.0. The molecule has 2 aromatic heterocycles.